The van der Waals surface area contributed by atoms with Crippen LogP contribution in [-0.4, -0.2) is 45.2 Å². The first-order valence-corrected chi connectivity index (χ1v) is 13.0. The number of sulfonamides is 1. The van der Waals surface area contributed by atoms with Crippen LogP contribution in [0.1, 0.15) is 49.5 Å². The summed E-state index contributed by atoms with van der Waals surface area (Å²) in [6.45, 7) is 7.34. The Bertz CT molecular complexity index is 1130. The predicted octanol–water partition coefficient (Wildman–Crippen LogP) is 4.16. The first kappa shape index (κ1) is 25.6. The molecule has 1 saturated heterocycles. The first-order valence-electron chi connectivity index (χ1n) is 11.5. The molecule has 0 aromatic heterocycles. The molecule has 1 aliphatic rings. The van der Waals surface area contributed by atoms with E-state index in [9.17, 15) is 23.1 Å². The maximum absolute atomic E-state index is 12.9. The summed E-state index contributed by atoms with van der Waals surface area (Å²) < 4.78 is 33.4. The molecular formula is C25H32N2O6S. The number of hydrogen-bond donors (Lipinski definition) is 2. The summed E-state index contributed by atoms with van der Waals surface area (Å²) in [5.41, 5.74) is 1.48. The zero-order chi connectivity index (χ0) is 24.9. The molecule has 0 saturated carbocycles. The van der Waals surface area contributed by atoms with Crippen LogP contribution in [0.4, 0.5) is 11.4 Å². The molecule has 2 aromatic carbocycles. The Morgan fingerprint density at radius 3 is 2.50 bits per heavy atom. The van der Waals surface area contributed by atoms with Crippen LogP contribution in [0.5, 0.6) is 0 Å². The second-order valence-electron chi connectivity index (χ2n) is 8.92. The number of benzene rings is 2. The number of carboxylic acids is 1. The number of carbonyl (C=O) groups excluding carboxylic acids is 1. The van der Waals surface area contributed by atoms with Crippen LogP contribution in [0.25, 0.3) is 0 Å². The average Bonchev–Trinajstić information content (AvgIpc) is 2.79. The Kier molecular flexibility index (Phi) is 8.19. The molecule has 1 atom stereocenters. The van der Waals surface area contributed by atoms with Gasteiger partial charge >= 0.3 is 11.9 Å². The van der Waals surface area contributed by atoms with E-state index >= 15 is 0 Å². The van der Waals surface area contributed by atoms with Gasteiger partial charge in [-0.15, -0.1) is 0 Å². The fraction of sp³-hybridized carbons (Fsp3) is 0.440. The molecule has 1 heterocycles. The third-order valence-corrected chi connectivity index (χ3v) is 7.14. The summed E-state index contributed by atoms with van der Waals surface area (Å²) in [5, 5.41) is 9.76. The number of rotatable bonds is 9. The number of nitrogens with one attached hydrogen (secondary N) is 1. The van der Waals surface area contributed by atoms with Crippen LogP contribution in [0.15, 0.2) is 47.4 Å². The van der Waals surface area contributed by atoms with Crippen molar-refractivity contribution < 1.29 is 27.9 Å². The van der Waals surface area contributed by atoms with Crippen LogP contribution in [-0.2, 0) is 26.0 Å². The molecule has 0 bridgehead atoms. The molecule has 0 aliphatic carbocycles. The maximum Gasteiger partial charge on any atom is 0.337 e. The summed E-state index contributed by atoms with van der Waals surface area (Å²) in [6.07, 6.45) is 2.33. The van der Waals surface area contributed by atoms with Crippen molar-refractivity contribution in [2.75, 3.05) is 29.3 Å². The minimum Gasteiger partial charge on any atom is -0.478 e. The second kappa shape index (κ2) is 10.9. The van der Waals surface area contributed by atoms with Gasteiger partial charge in [-0.1, -0.05) is 26.0 Å². The minimum atomic E-state index is -3.97. The Morgan fingerprint density at radius 1 is 1.18 bits per heavy atom. The number of carboxylic acid groups (broad SMARTS) is 1. The van der Waals surface area contributed by atoms with E-state index in [1.807, 2.05) is 4.90 Å². The zero-order valence-electron chi connectivity index (χ0n) is 19.8. The molecule has 184 valence electrons. The Balaban J connectivity index is 1.81. The van der Waals surface area contributed by atoms with Crippen molar-refractivity contribution >= 4 is 33.3 Å². The van der Waals surface area contributed by atoms with E-state index in [0.717, 1.165) is 24.8 Å². The van der Waals surface area contributed by atoms with E-state index in [1.54, 1.807) is 25.1 Å². The van der Waals surface area contributed by atoms with Gasteiger partial charge in [-0.25, -0.2) is 13.2 Å². The molecule has 2 aromatic rings. The van der Waals surface area contributed by atoms with E-state index in [-0.39, 0.29) is 28.0 Å². The van der Waals surface area contributed by atoms with Crippen molar-refractivity contribution in [3.63, 3.8) is 0 Å². The molecule has 2 N–H and O–H groups in total. The van der Waals surface area contributed by atoms with Gasteiger partial charge < -0.3 is 14.7 Å². The van der Waals surface area contributed by atoms with Gasteiger partial charge in [0, 0.05) is 18.8 Å². The van der Waals surface area contributed by atoms with Crippen LogP contribution in [0.2, 0.25) is 0 Å². The standard InChI is InChI=1S/C25H32N2O6S/c1-4-33-25(30)19-6-5-13-27(16-19)20-9-12-23(22(15-20)24(28)29)26-34(31,32)21-10-7-18(8-11-21)14-17(2)3/h7-12,15,17,19,26H,4-6,13-14,16H2,1-3H3,(H,28,29). The SMILES string of the molecule is CCOC(=O)C1CCCN(c2ccc(NS(=O)(=O)c3ccc(CC(C)C)cc3)c(C(=O)O)c2)C1. The molecule has 8 nitrogen and oxygen atoms in total. The molecule has 1 aliphatic heterocycles. The number of piperidine rings is 1. The summed E-state index contributed by atoms with van der Waals surface area (Å²) in [6, 6.07) is 11.2. The first-order chi connectivity index (χ1) is 16.1. The molecule has 3 rings (SSSR count). The highest BCUT2D eigenvalue weighted by Gasteiger charge is 2.28. The van der Waals surface area contributed by atoms with Gasteiger partial charge in [0.15, 0.2) is 0 Å². The lowest BCUT2D eigenvalue weighted by Gasteiger charge is -2.33. The smallest absolute Gasteiger partial charge is 0.337 e. The van der Waals surface area contributed by atoms with Gasteiger partial charge in [0.25, 0.3) is 10.0 Å². The van der Waals surface area contributed by atoms with Crippen molar-refractivity contribution in [1.82, 2.24) is 0 Å². The molecule has 34 heavy (non-hydrogen) atoms. The highest BCUT2D eigenvalue weighted by atomic mass is 32.2. The monoisotopic (exact) mass is 488 g/mol. The average molecular weight is 489 g/mol. The third kappa shape index (κ3) is 6.28. The fourth-order valence-corrected chi connectivity index (χ4v) is 5.22. The summed E-state index contributed by atoms with van der Waals surface area (Å²) in [7, 11) is -3.97. The third-order valence-electron chi connectivity index (χ3n) is 5.76. The molecule has 0 spiro atoms. The molecule has 0 amide bonds. The summed E-state index contributed by atoms with van der Waals surface area (Å²) in [5.74, 6) is -1.33. The second-order valence-corrected chi connectivity index (χ2v) is 10.6. The molecule has 0 radical (unpaired) electrons. The zero-order valence-corrected chi connectivity index (χ0v) is 20.6. The molecule has 1 fully saturated rings. The highest BCUT2D eigenvalue weighted by molar-refractivity contribution is 7.92. The maximum atomic E-state index is 12.9. The molecule has 9 heteroatoms. The predicted molar refractivity (Wildman–Crippen MR) is 131 cm³/mol. The van der Waals surface area contributed by atoms with E-state index in [1.165, 1.54) is 24.3 Å². The van der Waals surface area contributed by atoms with E-state index in [2.05, 4.69) is 18.6 Å². The summed E-state index contributed by atoms with van der Waals surface area (Å²) >= 11 is 0. The number of nitrogens with zero attached hydrogens (tertiary/aromatic N) is 1. The topological polar surface area (TPSA) is 113 Å². The fourth-order valence-electron chi connectivity index (χ4n) is 4.14. The quantitative estimate of drug-likeness (QED) is 0.510. The van der Waals surface area contributed by atoms with Crippen molar-refractivity contribution in [3.05, 3.63) is 53.6 Å². The van der Waals surface area contributed by atoms with Crippen molar-refractivity contribution in [1.29, 1.82) is 0 Å². The van der Waals surface area contributed by atoms with Crippen LogP contribution >= 0.6 is 0 Å². The lowest BCUT2D eigenvalue weighted by Crippen LogP contribution is -2.39. The van der Waals surface area contributed by atoms with Crippen molar-refractivity contribution in [3.8, 4) is 0 Å². The van der Waals surface area contributed by atoms with Gasteiger partial charge in [-0.05, 0) is 68.0 Å². The minimum absolute atomic E-state index is 0.0125. The van der Waals surface area contributed by atoms with Gasteiger partial charge in [0.05, 0.1) is 28.7 Å². The van der Waals surface area contributed by atoms with E-state index < -0.39 is 16.0 Å². The lowest BCUT2D eigenvalue weighted by atomic mass is 9.97. The van der Waals surface area contributed by atoms with Gasteiger partial charge in [0.2, 0.25) is 0 Å². The van der Waals surface area contributed by atoms with Crippen molar-refractivity contribution in [2.24, 2.45) is 11.8 Å². The highest BCUT2D eigenvalue weighted by Crippen LogP contribution is 2.29. The normalized spacial score (nSPS) is 16.4. The van der Waals surface area contributed by atoms with Crippen LogP contribution in [0, 0.1) is 11.8 Å². The Labute approximate surface area is 201 Å². The number of hydrogen-bond acceptors (Lipinski definition) is 6. The summed E-state index contributed by atoms with van der Waals surface area (Å²) in [4.78, 5) is 26.1. The van der Waals surface area contributed by atoms with Crippen LogP contribution < -0.4 is 9.62 Å². The largest absolute Gasteiger partial charge is 0.478 e. The molecule has 1 unspecified atom stereocenters. The number of aromatic carboxylic acids is 1. The number of carbonyl (C=O) groups is 2. The van der Waals surface area contributed by atoms with Crippen molar-refractivity contribution in [2.45, 2.75) is 44.9 Å². The number of anilines is 2. The number of esters is 1. The van der Waals surface area contributed by atoms with Gasteiger partial charge in [-0.2, -0.15) is 0 Å². The number of ether oxygens (including phenoxy) is 1. The van der Waals surface area contributed by atoms with Gasteiger partial charge in [0.1, 0.15) is 0 Å². The van der Waals surface area contributed by atoms with E-state index in [4.69, 9.17) is 4.74 Å². The Morgan fingerprint density at radius 2 is 1.88 bits per heavy atom. The Hall–Kier alpha value is -3.07. The molecular weight excluding hydrogens is 456 g/mol. The lowest BCUT2D eigenvalue weighted by molar-refractivity contribution is -0.148. The van der Waals surface area contributed by atoms with Crippen LogP contribution in [0.3, 0.4) is 0 Å². The van der Waals surface area contributed by atoms with E-state index in [0.29, 0.717) is 31.3 Å². The van der Waals surface area contributed by atoms with Gasteiger partial charge in [-0.3, -0.25) is 9.52 Å².